The Morgan fingerprint density at radius 3 is 2.31 bits per heavy atom. The quantitative estimate of drug-likeness (QED) is 0.635. The second-order valence-corrected chi connectivity index (χ2v) is 2.53. The summed E-state index contributed by atoms with van der Waals surface area (Å²) in [6.45, 7) is 5.60. The lowest BCUT2D eigenvalue weighted by molar-refractivity contribution is -0.125. The highest BCUT2D eigenvalue weighted by atomic mass is 16.5. The van der Waals surface area contributed by atoms with Crippen LogP contribution >= 0.6 is 0 Å². The van der Waals surface area contributed by atoms with Gasteiger partial charge in [0.05, 0.1) is 6.61 Å². The van der Waals surface area contributed by atoms with Gasteiger partial charge in [-0.15, -0.1) is 0 Å². The van der Waals surface area contributed by atoms with Gasteiger partial charge in [-0.05, 0) is 14.1 Å². The van der Waals surface area contributed by atoms with Crippen LogP contribution in [0.1, 0.15) is 13.8 Å². The molecule has 13 heavy (non-hydrogen) atoms. The zero-order valence-electron chi connectivity index (χ0n) is 9.39. The van der Waals surface area contributed by atoms with Crippen LogP contribution in [-0.2, 0) is 9.53 Å². The van der Waals surface area contributed by atoms with Gasteiger partial charge in [0.1, 0.15) is 6.61 Å². The van der Waals surface area contributed by atoms with Crippen molar-refractivity contribution in [2.75, 3.05) is 40.9 Å². The molecule has 4 nitrogen and oxygen atoms in total. The molecule has 0 unspecified atom stereocenters. The topological polar surface area (TPSA) is 41.6 Å². The SMILES string of the molecule is CC.CNC(=O)COCCN(C)C. The first-order valence-corrected chi connectivity index (χ1v) is 4.60. The third-order valence-electron chi connectivity index (χ3n) is 1.19. The number of carbonyl (C=O) groups is 1. The van der Waals surface area contributed by atoms with Crippen LogP contribution < -0.4 is 5.32 Å². The normalized spacial score (nSPS) is 9.08. The van der Waals surface area contributed by atoms with Gasteiger partial charge in [0, 0.05) is 13.6 Å². The molecule has 1 amide bonds. The molecule has 0 aromatic rings. The molecule has 80 valence electrons. The molecular formula is C9H22N2O2. The fourth-order valence-electron chi connectivity index (χ4n) is 0.484. The van der Waals surface area contributed by atoms with Gasteiger partial charge in [-0.3, -0.25) is 4.79 Å². The van der Waals surface area contributed by atoms with Crippen molar-refractivity contribution in [3.8, 4) is 0 Å². The van der Waals surface area contributed by atoms with Crippen LogP contribution in [0.5, 0.6) is 0 Å². The molecule has 0 aromatic heterocycles. The van der Waals surface area contributed by atoms with Gasteiger partial charge in [-0.1, -0.05) is 13.8 Å². The summed E-state index contributed by atoms with van der Waals surface area (Å²) in [6, 6.07) is 0. The Bertz CT molecular complexity index is 116. The largest absolute Gasteiger partial charge is 0.370 e. The smallest absolute Gasteiger partial charge is 0.245 e. The predicted octanol–water partition coefficient (Wildman–Crippen LogP) is 0.337. The van der Waals surface area contributed by atoms with E-state index in [9.17, 15) is 4.79 Å². The van der Waals surface area contributed by atoms with Crippen molar-refractivity contribution >= 4 is 5.91 Å². The average Bonchev–Trinajstić information content (AvgIpc) is 2.15. The molecule has 0 radical (unpaired) electrons. The minimum Gasteiger partial charge on any atom is -0.370 e. The molecule has 0 heterocycles. The lowest BCUT2D eigenvalue weighted by Crippen LogP contribution is -2.26. The maximum Gasteiger partial charge on any atom is 0.245 e. The maximum absolute atomic E-state index is 10.6. The Morgan fingerprint density at radius 2 is 1.92 bits per heavy atom. The number of carbonyl (C=O) groups excluding carboxylic acids is 1. The summed E-state index contributed by atoms with van der Waals surface area (Å²) in [7, 11) is 5.52. The van der Waals surface area contributed by atoms with Crippen molar-refractivity contribution in [1.29, 1.82) is 0 Å². The lowest BCUT2D eigenvalue weighted by atomic mass is 10.6. The third kappa shape index (κ3) is 14.3. The summed E-state index contributed by atoms with van der Waals surface area (Å²) in [5.41, 5.74) is 0. The zero-order valence-corrected chi connectivity index (χ0v) is 9.39. The van der Waals surface area contributed by atoms with Crippen LogP contribution in [0.15, 0.2) is 0 Å². The highest BCUT2D eigenvalue weighted by molar-refractivity contribution is 5.76. The first-order chi connectivity index (χ1) is 6.16. The van der Waals surface area contributed by atoms with Gasteiger partial charge in [0.15, 0.2) is 0 Å². The molecule has 0 spiro atoms. The van der Waals surface area contributed by atoms with E-state index in [-0.39, 0.29) is 12.5 Å². The Hall–Kier alpha value is -0.610. The highest BCUT2D eigenvalue weighted by Crippen LogP contribution is 1.77. The minimum atomic E-state index is -0.0799. The highest BCUT2D eigenvalue weighted by Gasteiger charge is 1.96. The van der Waals surface area contributed by atoms with E-state index in [1.54, 1.807) is 7.05 Å². The predicted molar refractivity (Wildman–Crippen MR) is 54.8 cm³/mol. The number of likely N-dealkylation sites (N-methyl/N-ethyl adjacent to an activating group) is 2. The molecule has 0 aliphatic rings. The fourth-order valence-corrected chi connectivity index (χ4v) is 0.484. The van der Waals surface area contributed by atoms with Crippen molar-refractivity contribution in [2.24, 2.45) is 0 Å². The third-order valence-corrected chi connectivity index (χ3v) is 1.19. The Morgan fingerprint density at radius 1 is 1.38 bits per heavy atom. The monoisotopic (exact) mass is 190 g/mol. The van der Waals surface area contributed by atoms with E-state index in [2.05, 4.69) is 5.32 Å². The molecule has 0 fully saturated rings. The van der Waals surface area contributed by atoms with Crippen LogP contribution in [-0.4, -0.2) is 51.7 Å². The number of nitrogens with zero attached hydrogens (tertiary/aromatic N) is 1. The van der Waals surface area contributed by atoms with Crippen LogP contribution in [0, 0.1) is 0 Å². The number of hydrogen-bond acceptors (Lipinski definition) is 3. The van der Waals surface area contributed by atoms with Crippen molar-refractivity contribution < 1.29 is 9.53 Å². The second-order valence-electron chi connectivity index (χ2n) is 2.53. The molecule has 4 heteroatoms. The average molecular weight is 190 g/mol. The second kappa shape index (κ2) is 11.4. The van der Waals surface area contributed by atoms with Gasteiger partial charge in [0.25, 0.3) is 0 Å². The lowest BCUT2D eigenvalue weighted by Gasteiger charge is -2.08. The summed E-state index contributed by atoms with van der Waals surface area (Å²) in [4.78, 5) is 12.6. The van der Waals surface area contributed by atoms with Crippen LogP contribution in [0.25, 0.3) is 0 Å². The Labute approximate surface area is 81.2 Å². The van der Waals surface area contributed by atoms with Crippen molar-refractivity contribution in [1.82, 2.24) is 10.2 Å². The molecule has 0 bridgehead atoms. The summed E-state index contributed by atoms with van der Waals surface area (Å²) >= 11 is 0. The molecule has 0 rings (SSSR count). The zero-order chi connectivity index (χ0) is 10.7. The summed E-state index contributed by atoms with van der Waals surface area (Å²) in [5.74, 6) is -0.0799. The van der Waals surface area contributed by atoms with Gasteiger partial charge in [-0.2, -0.15) is 0 Å². The van der Waals surface area contributed by atoms with Crippen molar-refractivity contribution in [3.05, 3.63) is 0 Å². The van der Waals surface area contributed by atoms with Gasteiger partial charge >= 0.3 is 0 Å². The Balaban J connectivity index is 0. The first kappa shape index (κ1) is 14.9. The van der Waals surface area contributed by atoms with Gasteiger partial charge in [0.2, 0.25) is 5.91 Å². The van der Waals surface area contributed by atoms with Crippen LogP contribution in [0.2, 0.25) is 0 Å². The Kier molecular flexibility index (Phi) is 13.0. The molecule has 0 aliphatic heterocycles. The number of nitrogens with one attached hydrogen (secondary N) is 1. The molecule has 0 saturated heterocycles. The van der Waals surface area contributed by atoms with Gasteiger partial charge in [-0.25, -0.2) is 0 Å². The molecule has 0 aliphatic carbocycles. The van der Waals surface area contributed by atoms with Crippen LogP contribution in [0.4, 0.5) is 0 Å². The van der Waals surface area contributed by atoms with E-state index in [1.807, 2.05) is 32.8 Å². The summed E-state index contributed by atoms with van der Waals surface area (Å²) in [6.07, 6.45) is 0. The number of ether oxygens (including phenoxy) is 1. The molecule has 1 N–H and O–H groups in total. The summed E-state index contributed by atoms with van der Waals surface area (Å²) < 4.78 is 5.04. The number of hydrogen-bond donors (Lipinski definition) is 1. The number of rotatable bonds is 5. The molecule has 0 aromatic carbocycles. The summed E-state index contributed by atoms with van der Waals surface area (Å²) in [5, 5.41) is 2.48. The first-order valence-electron chi connectivity index (χ1n) is 4.60. The van der Waals surface area contributed by atoms with Crippen LogP contribution in [0.3, 0.4) is 0 Å². The maximum atomic E-state index is 10.6. The standard InChI is InChI=1S/C7H16N2O2.C2H6/c1-8-7(10)6-11-5-4-9(2)3;1-2/h4-6H2,1-3H3,(H,8,10);1-2H3. The van der Waals surface area contributed by atoms with E-state index in [0.29, 0.717) is 6.61 Å². The van der Waals surface area contributed by atoms with Crippen molar-refractivity contribution in [3.63, 3.8) is 0 Å². The van der Waals surface area contributed by atoms with Gasteiger partial charge < -0.3 is 15.0 Å². The van der Waals surface area contributed by atoms with Crippen molar-refractivity contribution in [2.45, 2.75) is 13.8 Å². The molecular weight excluding hydrogens is 168 g/mol. The number of amides is 1. The van der Waals surface area contributed by atoms with E-state index in [4.69, 9.17) is 4.74 Å². The van der Waals surface area contributed by atoms with E-state index >= 15 is 0 Å². The van der Waals surface area contributed by atoms with E-state index in [0.717, 1.165) is 6.54 Å². The molecule has 0 saturated carbocycles. The van der Waals surface area contributed by atoms with E-state index < -0.39 is 0 Å². The fraction of sp³-hybridized carbons (Fsp3) is 0.889. The van der Waals surface area contributed by atoms with E-state index in [1.165, 1.54) is 0 Å². The minimum absolute atomic E-state index is 0.0799. The molecule has 0 atom stereocenters.